The van der Waals surface area contributed by atoms with Gasteiger partial charge in [0.05, 0.1) is 10.6 Å². The van der Waals surface area contributed by atoms with Crippen molar-refractivity contribution in [1.82, 2.24) is 10.1 Å². The maximum atomic E-state index is 9.95. The third-order valence-corrected chi connectivity index (χ3v) is 3.26. The zero-order valence-electron chi connectivity index (χ0n) is 9.91. The molecule has 0 saturated heterocycles. The molecule has 0 unspecified atom stereocenters. The lowest BCUT2D eigenvalue weighted by Crippen LogP contribution is -2.08. The average Bonchev–Trinajstić information content (AvgIpc) is 2.71. The van der Waals surface area contributed by atoms with Crippen molar-refractivity contribution in [2.45, 2.75) is 18.7 Å². The van der Waals surface area contributed by atoms with Gasteiger partial charge in [0.25, 0.3) is 5.88 Å². The fourth-order valence-corrected chi connectivity index (χ4v) is 2.07. The number of rotatable bonds is 3. The van der Waals surface area contributed by atoms with E-state index in [4.69, 9.17) is 10.9 Å². The van der Waals surface area contributed by atoms with Gasteiger partial charge < -0.3 is 4.52 Å². The summed E-state index contributed by atoms with van der Waals surface area (Å²) in [5.41, 5.74) is 1.97. The van der Waals surface area contributed by atoms with Gasteiger partial charge in [0.15, 0.2) is 0 Å². The number of aromatic nitrogens is 2. The van der Waals surface area contributed by atoms with Crippen LogP contribution in [0.1, 0.15) is 17.0 Å². The van der Waals surface area contributed by atoms with E-state index < -0.39 is 0 Å². The van der Waals surface area contributed by atoms with Gasteiger partial charge in [-0.25, -0.2) is 4.98 Å². The SMILES string of the molecule is C#Cc1ncccc1SN(O)c1onc(C)c1C. The van der Waals surface area contributed by atoms with Gasteiger partial charge >= 0.3 is 0 Å². The minimum atomic E-state index is 0.282. The lowest BCUT2D eigenvalue weighted by Gasteiger charge is -2.12. The Hall–Kier alpha value is -1.97. The van der Waals surface area contributed by atoms with Crippen LogP contribution in [0.25, 0.3) is 0 Å². The molecule has 0 atom stereocenters. The number of hydrogen-bond acceptors (Lipinski definition) is 6. The van der Waals surface area contributed by atoms with E-state index in [0.29, 0.717) is 10.6 Å². The quantitative estimate of drug-likeness (QED) is 0.520. The summed E-state index contributed by atoms with van der Waals surface area (Å²) >= 11 is 1.03. The Bertz CT molecular complexity index is 604. The van der Waals surface area contributed by atoms with Gasteiger partial charge in [-0.05, 0) is 31.9 Å². The second kappa shape index (κ2) is 5.12. The minimum Gasteiger partial charge on any atom is -0.335 e. The highest BCUT2D eigenvalue weighted by atomic mass is 32.2. The highest BCUT2D eigenvalue weighted by molar-refractivity contribution is 8.00. The Balaban J connectivity index is 2.24. The molecule has 0 amide bonds. The van der Waals surface area contributed by atoms with E-state index in [1.165, 1.54) is 0 Å². The highest BCUT2D eigenvalue weighted by Gasteiger charge is 2.17. The predicted molar refractivity (Wildman–Crippen MR) is 68.3 cm³/mol. The Labute approximate surface area is 109 Å². The van der Waals surface area contributed by atoms with Crippen LogP contribution >= 0.6 is 11.9 Å². The molecule has 0 fully saturated rings. The van der Waals surface area contributed by atoms with Gasteiger partial charge in [-0.3, -0.25) is 5.21 Å². The number of anilines is 1. The van der Waals surface area contributed by atoms with Gasteiger partial charge in [-0.2, -0.15) is 4.47 Å². The molecule has 0 aliphatic heterocycles. The van der Waals surface area contributed by atoms with Crippen LogP contribution in [-0.4, -0.2) is 15.3 Å². The first kappa shape index (κ1) is 12.5. The predicted octanol–water partition coefficient (Wildman–Crippen LogP) is 2.57. The number of terminal acetylenes is 1. The lowest BCUT2D eigenvalue weighted by molar-refractivity contribution is 0.289. The summed E-state index contributed by atoms with van der Waals surface area (Å²) in [5, 5.41) is 13.7. The molecule has 18 heavy (non-hydrogen) atoms. The van der Waals surface area contributed by atoms with Crippen LogP contribution in [0.15, 0.2) is 27.7 Å². The molecule has 92 valence electrons. The number of hydrogen-bond donors (Lipinski definition) is 1. The Morgan fingerprint density at radius 3 is 2.89 bits per heavy atom. The average molecular weight is 261 g/mol. The molecule has 0 spiro atoms. The Kier molecular flexibility index (Phi) is 3.55. The van der Waals surface area contributed by atoms with E-state index in [0.717, 1.165) is 27.7 Å². The second-order valence-corrected chi connectivity index (χ2v) is 4.53. The molecule has 0 bridgehead atoms. The van der Waals surface area contributed by atoms with Gasteiger partial charge in [-0.1, -0.05) is 5.16 Å². The Morgan fingerprint density at radius 1 is 1.50 bits per heavy atom. The second-order valence-electron chi connectivity index (χ2n) is 3.56. The molecule has 2 aromatic rings. The van der Waals surface area contributed by atoms with Crippen LogP contribution in [0, 0.1) is 26.2 Å². The van der Waals surface area contributed by atoms with Crippen molar-refractivity contribution in [2.24, 2.45) is 0 Å². The zero-order valence-corrected chi connectivity index (χ0v) is 10.7. The topological polar surface area (TPSA) is 62.4 Å². The molecule has 0 aliphatic carbocycles. The fraction of sp³-hybridized carbons (Fsp3) is 0.167. The van der Waals surface area contributed by atoms with Crippen LogP contribution in [0.4, 0.5) is 5.88 Å². The highest BCUT2D eigenvalue weighted by Crippen LogP contribution is 2.31. The summed E-state index contributed by atoms with van der Waals surface area (Å²) in [6.07, 6.45) is 6.94. The molecule has 2 heterocycles. The molecule has 0 saturated carbocycles. The summed E-state index contributed by atoms with van der Waals surface area (Å²) in [7, 11) is 0. The summed E-state index contributed by atoms with van der Waals surface area (Å²) in [6.45, 7) is 3.62. The first-order chi connectivity index (χ1) is 8.63. The summed E-state index contributed by atoms with van der Waals surface area (Å²) in [6, 6.07) is 3.52. The lowest BCUT2D eigenvalue weighted by atomic mass is 10.3. The number of pyridine rings is 1. The molecule has 2 aromatic heterocycles. The molecule has 0 aliphatic rings. The van der Waals surface area contributed by atoms with Crippen molar-refractivity contribution < 1.29 is 9.73 Å². The monoisotopic (exact) mass is 261 g/mol. The van der Waals surface area contributed by atoms with E-state index in [-0.39, 0.29) is 5.88 Å². The van der Waals surface area contributed by atoms with E-state index in [1.807, 2.05) is 6.92 Å². The first-order valence-electron chi connectivity index (χ1n) is 5.15. The smallest absolute Gasteiger partial charge is 0.264 e. The maximum Gasteiger partial charge on any atom is 0.264 e. The van der Waals surface area contributed by atoms with Crippen LogP contribution < -0.4 is 4.47 Å². The maximum absolute atomic E-state index is 9.95. The summed E-state index contributed by atoms with van der Waals surface area (Å²) in [5.74, 6) is 2.74. The number of aryl methyl sites for hydroxylation is 1. The molecular formula is C12H11N3O2S. The van der Waals surface area contributed by atoms with E-state index in [1.54, 1.807) is 25.3 Å². The zero-order chi connectivity index (χ0) is 13.1. The van der Waals surface area contributed by atoms with Crippen molar-refractivity contribution in [3.8, 4) is 12.3 Å². The summed E-state index contributed by atoms with van der Waals surface area (Å²) in [4.78, 5) is 4.69. The molecule has 0 aromatic carbocycles. The van der Waals surface area contributed by atoms with Crippen LogP contribution in [0.2, 0.25) is 0 Å². The number of nitrogens with zero attached hydrogens (tertiary/aromatic N) is 3. The van der Waals surface area contributed by atoms with Crippen LogP contribution in [0.5, 0.6) is 0 Å². The molecule has 2 rings (SSSR count). The molecule has 5 nitrogen and oxygen atoms in total. The van der Waals surface area contributed by atoms with Gasteiger partial charge in [0, 0.05) is 23.7 Å². The standard InChI is InChI=1S/C12H11N3O2S/c1-4-10-11(6-5-7-13-10)18-15(16)12-8(2)9(3)14-17-12/h1,5-7,16H,2-3H3. The first-order valence-corrected chi connectivity index (χ1v) is 5.92. The van der Waals surface area contributed by atoms with Gasteiger partial charge in [0.1, 0.15) is 5.69 Å². The van der Waals surface area contributed by atoms with E-state index in [9.17, 15) is 5.21 Å². The summed E-state index contributed by atoms with van der Waals surface area (Å²) < 4.78 is 5.93. The molecule has 6 heteroatoms. The van der Waals surface area contributed by atoms with Crippen molar-refractivity contribution in [3.63, 3.8) is 0 Å². The van der Waals surface area contributed by atoms with Gasteiger partial charge in [-0.15, -0.1) is 6.42 Å². The molecular weight excluding hydrogens is 250 g/mol. The fourth-order valence-electron chi connectivity index (χ4n) is 1.29. The Morgan fingerprint density at radius 2 is 2.28 bits per heavy atom. The van der Waals surface area contributed by atoms with Gasteiger partial charge in [0.2, 0.25) is 0 Å². The van der Waals surface area contributed by atoms with Crippen molar-refractivity contribution in [2.75, 3.05) is 4.47 Å². The van der Waals surface area contributed by atoms with Crippen LogP contribution in [-0.2, 0) is 0 Å². The van der Waals surface area contributed by atoms with Crippen molar-refractivity contribution >= 4 is 17.8 Å². The minimum absolute atomic E-state index is 0.282. The molecule has 0 radical (unpaired) electrons. The third kappa shape index (κ3) is 2.32. The van der Waals surface area contributed by atoms with Crippen molar-refractivity contribution in [1.29, 1.82) is 0 Å². The van der Waals surface area contributed by atoms with E-state index >= 15 is 0 Å². The van der Waals surface area contributed by atoms with E-state index in [2.05, 4.69) is 16.1 Å². The molecule has 1 N–H and O–H groups in total. The van der Waals surface area contributed by atoms with Crippen LogP contribution in [0.3, 0.4) is 0 Å². The van der Waals surface area contributed by atoms with Crippen molar-refractivity contribution in [3.05, 3.63) is 35.3 Å². The third-order valence-electron chi connectivity index (χ3n) is 2.40. The largest absolute Gasteiger partial charge is 0.335 e. The normalized spacial score (nSPS) is 10.1.